The normalized spacial score (nSPS) is 25.6. The van der Waals surface area contributed by atoms with Crippen LogP contribution < -0.4 is 5.32 Å². The molecule has 1 aliphatic heterocycles. The third kappa shape index (κ3) is 3.05. The second kappa shape index (κ2) is 6.41. The first-order valence-electron chi connectivity index (χ1n) is 8.69. The van der Waals surface area contributed by atoms with Gasteiger partial charge in [0, 0.05) is 17.6 Å². The summed E-state index contributed by atoms with van der Waals surface area (Å²) in [6.07, 6.45) is 6.21. The van der Waals surface area contributed by atoms with E-state index in [1.165, 1.54) is 44.3 Å². The number of carbonyl (C=O) groups is 1. The maximum Gasteiger partial charge on any atom is 0.252 e. The van der Waals surface area contributed by atoms with E-state index in [2.05, 4.69) is 29.3 Å². The summed E-state index contributed by atoms with van der Waals surface area (Å²) in [6.45, 7) is 8.59. The van der Waals surface area contributed by atoms with Crippen LogP contribution in [0.5, 0.6) is 0 Å². The van der Waals surface area contributed by atoms with Crippen molar-refractivity contribution >= 4 is 5.91 Å². The van der Waals surface area contributed by atoms with Gasteiger partial charge in [0.25, 0.3) is 5.91 Å². The van der Waals surface area contributed by atoms with E-state index in [1.807, 2.05) is 13.8 Å². The first kappa shape index (κ1) is 15.5. The van der Waals surface area contributed by atoms with Crippen molar-refractivity contribution in [2.45, 2.75) is 65.0 Å². The Balaban J connectivity index is 1.73. The Labute approximate surface area is 134 Å². The molecule has 0 radical (unpaired) electrons. The summed E-state index contributed by atoms with van der Waals surface area (Å²) in [5.74, 6) is 0.117. The Morgan fingerprint density at radius 2 is 1.68 bits per heavy atom. The van der Waals surface area contributed by atoms with Gasteiger partial charge in [-0.25, -0.2) is 0 Å². The molecule has 1 saturated carbocycles. The molecule has 22 heavy (non-hydrogen) atoms. The van der Waals surface area contributed by atoms with Crippen molar-refractivity contribution in [3.8, 4) is 0 Å². The summed E-state index contributed by atoms with van der Waals surface area (Å²) in [5.41, 5.74) is 4.27. The topological polar surface area (TPSA) is 32.3 Å². The van der Waals surface area contributed by atoms with Crippen LogP contribution in [0, 0.1) is 20.8 Å². The van der Waals surface area contributed by atoms with Gasteiger partial charge >= 0.3 is 0 Å². The summed E-state index contributed by atoms with van der Waals surface area (Å²) < 4.78 is 0. The van der Waals surface area contributed by atoms with Gasteiger partial charge in [-0.05, 0) is 77.1 Å². The molecule has 1 aromatic rings. The molecule has 1 N–H and O–H groups in total. The fourth-order valence-electron chi connectivity index (χ4n) is 4.40. The molecule has 1 aromatic carbocycles. The Kier molecular flexibility index (Phi) is 4.53. The number of likely N-dealkylation sites (tertiary alicyclic amines) is 1. The molecule has 0 bridgehead atoms. The number of amides is 1. The number of nitrogens with one attached hydrogen (secondary N) is 1. The van der Waals surface area contributed by atoms with Crippen LogP contribution in [0.3, 0.4) is 0 Å². The first-order chi connectivity index (χ1) is 10.6. The van der Waals surface area contributed by atoms with E-state index in [9.17, 15) is 4.79 Å². The number of carbonyl (C=O) groups excluding carboxylic acids is 1. The predicted octanol–water partition coefficient (Wildman–Crippen LogP) is 3.36. The van der Waals surface area contributed by atoms with Crippen LogP contribution in [0.2, 0.25) is 0 Å². The summed E-state index contributed by atoms with van der Waals surface area (Å²) in [4.78, 5) is 15.4. The highest BCUT2D eigenvalue weighted by Gasteiger charge is 2.34. The largest absolute Gasteiger partial charge is 0.348 e. The Hall–Kier alpha value is -1.35. The van der Waals surface area contributed by atoms with E-state index < -0.39 is 0 Å². The van der Waals surface area contributed by atoms with Gasteiger partial charge in [0.2, 0.25) is 0 Å². The van der Waals surface area contributed by atoms with Crippen molar-refractivity contribution in [1.29, 1.82) is 0 Å². The van der Waals surface area contributed by atoms with Gasteiger partial charge in [-0.1, -0.05) is 17.7 Å². The zero-order valence-corrected chi connectivity index (χ0v) is 14.1. The predicted molar refractivity (Wildman–Crippen MR) is 90.4 cm³/mol. The fraction of sp³-hybridized carbons (Fsp3) is 0.632. The number of benzene rings is 1. The minimum atomic E-state index is 0.117. The van der Waals surface area contributed by atoms with E-state index in [-0.39, 0.29) is 5.91 Å². The van der Waals surface area contributed by atoms with Crippen LogP contribution in [0.1, 0.15) is 59.2 Å². The molecule has 3 heteroatoms. The van der Waals surface area contributed by atoms with E-state index in [4.69, 9.17) is 0 Å². The molecule has 2 aliphatic rings. The minimum Gasteiger partial charge on any atom is -0.348 e. The quantitative estimate of drug-likeness (QED) is 0.928. The summed E-state index contributed by atoms with van der Waals surface area (Å²) in [7, 11) is 0. The van der Waals surface area contributed by atoms with Gasteiger partial charge in [-0.15, -0.1) is 0 Å². The highest BCUT2D eigenvalue weighted by atomic mass is 16.1. The molecule has 120 valence electrons. The van der Waals surface area contributed by atoms with E-state index >= 15 is 0 Å². The number of hydrogen-bond donors (Lipinski definition) is 1. The second-order valence-corrected chi connectivity index (χ2v) is 7.09. The minimum absolute atomic E-state index is 0.117. The Morgan fingerprint density at radius 3 is 2.32 bits per heavy atom. The smallest absolute Gasteiger partial charge is 0.252 e. The monoisotopic (exact) mass is 300 g/mol. The molecule has 1 saturated heterocycles. The van der Waals surface area contributed by atoms with Gasteiger partial charge < -0.3 is 5.32 Å². The average Bonchev–Trinajstić information content (AvgIpc) is 3.07. The maximum atomic E-state index is 12.8. The molecule has 2 fully saturated rings. The van der Waals surface area contributed by atoms with Gasteiger partial charge in [0.15, 0.2) is 0 Å². The Bertz CT molecular complexity index is 538. The van der Waals surface area contributed by atoms with Crippen LogP contribution in [-0.2, 0) is 0 Å². The highest BCUT2D eigenvalue weighted by molar-refractivity contribution is 5.97. The third-order valence-corrected chi connectivity index (χ3v) is 5.31. The molecule has 3 nitrogen and oxygen atoms in total. The van der Waals surface area contributed by atoms with Crippen molar-refractivity contribution < 1.29 is 4.79 Å². The molecular weight excluding hydrogens is 272 g/mol. The van der Waals surface area contributed by atoms with E-state index in [0.717, 1.165) is 23.1 Å². The average molecular weight is 300 g/mol. The van der Waals surface area contributed by atoms with Crippen molar-refractivity contribution in [2.24, 2.45) is 0 Å². The number of nitrogens with zero attached hydrogens (tertiary/aromatic N) is 1. The summed E-state index contributed by atoms with van der Waals surface area (Å²) in [5, 5.41) is 3.34. The number of rotatable bonds is 3. The maximum absolute atomic E-state index is 12.8. The lowest BCUT2D eigenvalue weighted by atomic mass is 9.98. The van der Waals surface area contributed by atoms with Crippen molar-refractivity contribution in [1.82, 2.24) is 10.2 Å². The van der Waals surface area contributed by atoms with Crippen molar-refractivity contribution in [3.05, 3.63) is 34.4 Å². The van der Waals surface area contributed by atoms with Gasteiger partial charge in [0.05, 0.1) is 0 Å². The van der Waals surface area contributed by atoms with Gasteiger partial charge in [0.1, 0.15) is 0 Å². The molecule has 0 aromatic heterocycles. The third-order valence-electron chi connectivity index (χ3n) is 5.31. The molecule has 0 spiro atoms. The highest BCUT2D eigenvalue weighted by Crippen LogP contribution is 2.28. The standard InChI is InChI=1S/C19H28N2O/c1-13-11-14(2)18(15(3)12-13)19(22)20-16-7-6-8-17(16)21-9-4-5-10-21/h11-12,16-17H,4-10H2,1-3H3,(H,20,22)/t16-,17+/m1/s1. The Morgan fingerprint density at radius 1 is 1.05 bits per heavy atom. The molecule has 3 rings (SSSR count). The lowest BCUT2D eigenvalue weighted by Gasteiger charge is -2.30. The first-order valence-corrected chi connectivity index (χ1v) is 8.69. The van der Waals surface area contributed by atoms with Gasteiger partial charge in [-0.3, -0.25) is 9.69 Å². The van der Waals surface area contributed by atoms with Gasteiger partial charge in [-0.2, -0.15) is 0 Å². The second-order valence-electron chi connectivity index (χ2n) is 7.09. The van der Waals surface area contributed by atoms with Crippen LogP contribution in [0.15, 0.2) is 12.1 Å². The number of hydrogen-bond acceptors (Lipinski definition) is 2. The molecular formula is C19H28N2O. The van der Waals surface area contributed by atoms with E-state index in [1.54, 1.807) is 0 Å². The van der Waals surface area contributed by atoms with Crippen LogP contribution in [0.25, 0.3) is 0 Å². The molecule has 1 aliphatic carbocycles. The van der Waals surface area contributed by atoms with Crippen molar-refractivity contribution in [3.63, 3.8) is 0 Å². The van der Waals surface area contributed by atoms with Crippen LogP contribution in [-0.4, -0.2) is 36.0 Å². The summed E-state index contributed by atoms with van der Waals surface area (Å²) in [6, 6.07) is 5.09. The number of aryl methyl sites for hydroxylation is 3. The molecule has 1 heterocycles. The molecule has 0 unspecified atom stereocenters. The van der Waals surface area contributed by atoms with Crippen LogP contribution in [0.4, 0.5) is 0 Å². The fourth-order valence-corrected chi connectivity index (χ4v) is 4.40. The zero-order valence-electron chi connectivity index (χ0n) is 14.1. The SMILES string of the molecule is Cc1cc(C)c(C(=O)N[C@@H]2CCC[C@@H]2N2CCCC2)c(C)c1. The van der Waals surface area contributed by atoms with Crippen molar-refractivity contribution in [2.75, 3.05) is 13.1 Å². The molecule has 1 amide bonds. The van der Waals surface area contributed by atoms with Crippen LogP contribution >= 0.6 is 0 Å². The lowest BCUT2D eigenvalue weighted by molar-refractivity contribution is 0.0911. The lowest BCUT2D eigenvalue weighted by Crippen LogP contribution is -2.48. The zero-order chi connectivity index (χ0) is 15.7. The summed E-state index contributed by atoms with van der Waals surface area (Å²) >= 11 is 0. The molecule has 2 atom stereocenters. The van der Waals surface area contributed by atoms with E-state index in [0.29, 0.717) is 12.1 Å².